The highest BCUT2D eigenvalue weighted by atomic mass is 16.6. The summed E-state index contributed by atoms with van der Waals surface area (Å²) in [5.74, 6) is 0.315. The number of ether oxygens (including phenoxy) is 1. The Balaban J connectivity index is 2.09. The first-order valence-electron chi connectivity index (χ1n) is 5.74. The van der Waals surface area contributed by atoms with Gasteiger partial charge in [-0.05, 0) is 18.8 Å². The number of hydrogen-bond acceptors (Lipinski definition) is 4. The highest BCUT2D eigenvalue weighted by molar-refractivity contribution is 5.40. The molecule has 17 heavy (non-hydrogen) atoms. The maximum absolute atomic E-state index is 10.9. The summed E-state index contributed by atoms with van der Waals surface area (Å²) in [4.78, 5) is 10.5. The predicted molar refractivity (Wildman–Crippen MR) is 63.7 cm³/mol. The summed E-state index contributed by atoms with van der Waals surface area (Å²) in [6.45, 7) is 1.41. The van der Waals surface area contributed by atoms with Crippen LogP contribution in [0.4, 0.5) is 5.69 Å². The largest absolute Gasteiger partial charge is 0.381 e. The molecule has 1 aliphatic heterocycles. The molecule has 1 fully saturated rings. The van der Waals surface area contributed by atoms with Crippen molar-refractivity contribution in [2.45, 2.75) is 18.9 Å². The fourth-order valence-corrected chi connectivity index (χ4v) is 2.17. The number of nitro groups is 1. The van der Waals surface area contributed by atoms with Gasteiger partial charge in [0, 0.05) is 24.3 Å². The van der Waals surface area contributed by atoms with Crippen LogP contribution in [-0.2, 0) is 11.2 Å². The van der Waals surface area contributed by atoms with E-state index in [1.54, 1.807) is 18.2 Å². The normalized spacial score (nSPS) is 21.4. The third kappa shape index (κ3) is 2.81. The first-order valence-corrected chi connectivity index (χ1v) is 5.74. The lowest BCUT2D eigenvalue weighted by atomic mass is 9.93. The average molecular weight is 236 g/mol. The van der Waals surface area contributed by atoms with Gasteiger partial charge in [-0.15, -0.1) is 0 Å². The number of rotatable bonds is 4. The van der Waals surface area contributed by atoms with E-state index < -0.39 is 0 Å². The molecule has 0 bridgehead atoms. The Morgan fingerprint density at radius 3 is 2.94 bits per heavy atom. The van der Waals surface area contributed by atoms with Crippen LogP contribution in [0.15, 0.2) is 24.3 Å². The first-order chi connectivity index (χ1) is 8.18. The molecule has 1 aromatic rings. The Morgan fingerprint density at radius 2 is 2.29 bits per heavy atom. The van der Waals surface area contributed by atoms with E-state index in [1.807, 2.05) is 0 Å². The minimum Gasteiger partial charge on any atom is -0.381 e. The molecule has 0 amide bonds. The van der Waals surface area contributed by atoms with E-state index >= 15 is 0 Å². The molecule has 1 saturated heterocycles. The first kappa shape index (κ1) is 12.0. The molecule has 1 aromatic carbocycles. The molecule has 2 rings (SSSR count). The van der Waals surface area contributed by atoms with Crippen LogP contribution in [0.3, 0.4) is 0 Å². The molecule has 2 N–H and O–H groups in total. The van der Waals surface area contributed by atoms with Crippen LogP contribution in [0.25, 0.3) is 0 Å². The molecule has 2 atom stereocenters. The minimum absolute atomic E-state index is 0.0707. The van der Waals surface area contributed by atoms with Crippen LogP contribution in [0.1, 0.15) is 12.0 Å². The average Bonchev–Trinajstić information content (AvgIpc) is 2.83. The van der Waals surface area contributed by atoms with Crippen LogP contribution < -0.4 is 5.73 Å². The molecule has 5 heteroatoms. The van der Waals surface area contributed by atoms with Crippen molar-refractivity contribution in [1.29, 1.82) is 0 Å². The molecule has 0 saturated carbocycles. The standard InChI is InChI=1S/C12H16N2O3/c13-11(10-5-6-17-8-10)7-9-3-1-2-4-12(9)14(15)16/h1-4,10-11H,5-8,13H2. The predicted octanol–water partition coefficient (Wildman–Crippen LogP) is 1.50. The highest BCUT2D eigenvalue weighted by Crippen LogP contribution is 2.23. The van der Waals surface area contributed by atoms with Gasteiger partial charge in [0.15, 0.2) is 0 Å². The summed E-state index contributed by atoms with van der Waals surface area (Å²) in [6.07, 6.45) is 1.48. The van der Waals surface area contributed by atoms with Crippen LogP contribution in [0, 0.1) is 16.0 Å². The Kier molecular flexibility index (Phi) is 3.71. The smallest absolute Gasteiger partial charge is 0.272 e. The van der Waals surface area contributed by atoms with Crippen molar-refractivity contribution in [3.05, 3.63) is 39.9 Å². The molecule has 92 valence electrons. The molecule has 0 radical (unpaired) electrons. The van der Waals surface area contributed by atoms with Crippen molar-refractivity contribution in [3.8, 4) is 0 Å². The second-order valence-corrected chi connectivity index (χ2v) is 4.38. The summed E-state index contributed by atoms with van der Waals surface area (Å²) in [7, 11) is 0. The van der Waals surface area contributed by atoms with E-state index in [2.05, 4.69) is 0 Å². The zero-order valence-electron chi connectivity index (χ0n) is 9.54. The topological polar surface area (TPSA) is 78.4 Å². The highest BCUT2D eigenvalue weighted by Gasteiger charge is 2.25. The van der Waals surface area contributed by atoms with Crippen molar-refractivity contribution in [2.75, 3.05) is 13.2 Å². The Labute approximate surface area is 99.7 Å². The summed E-state index contributed by atoms with van der Waals surface area (Å²) >= 11 is 0. The SMILES string of the molecule is NC(Cc1ccccc1[N+](=O)[O-])C1CCOC1. The number of hydrogen-bond donors (Lipinski definition) is 1. The monoisotopic (exact) mass is 236 g/mol. The summed E-state index contributed by atoms with van der Waals surface area (Å²) in [5.41, 5.74) is 6.94. The third-order valence-electron chi connectivity index (χ3n) is 3.21. The van der Waals surface area contributed by atoms with Crippen molar-refractivity contribution >= 4 is 5.69 Å². The van der Waals surface area contributed by atoms with Crippen molar-refractivity contribution in [1.82, 2.24) is 0 Å². The van der Waals surface area contributed by atoms with E-state index in [4.69, 9.17) is 10.5 Å². The van der Waals surface area contributed by atoms with E-state index in [-0.39, 0.29) is 16.7 Å². The lowest BCUT2D eigenvalue weighted by Gasteiger charge is -2.17. The summed E-state index contributed by atoms with van der Waals surface area (Å²) in [5, 5.41) is 10.9. The Hall–Kier alpha value is -1.46. The summed E-state index contributed by atoms with van der Waals surface area (Å²) < 4.78 is 5.28. The van der Waals surface area contributed by atoms with Crippen LogP contribution in [-0.4, -0.2) is 24.2 Å². The van der Waals surface area contributed by atoms with Crippen molar-refractivity contribution < 1.29 is 9.66 Å². The number of nitrogens with zero attached hydrogens (tertiary/aromatic N) is 1. The maximum atomic E-state index is 10.9. The van der Waals surface area contributed by atoms with Gasteiger partial charge in [0.05, 0.1) is 11.5 Å². The van der Waals surface area contributed by atoms with E-state index in [9.17, 15) is 10.1 Å². The number of benzene rings is 1. The van der Waals surface area contributed by atoms with Crippen LogP contribution in [0.5, 0.6) is 0 Å². The lowest BCUT2D eigenvalue weighted by molar-refractivity contribution is -0.385. The van der Waals surface area contributed by atoms with Gasteiger partial charge in [-0.25, -0.2) is 0 Å². The van der Waals surface area contributed by atoms with Gasteiger partial charge in [0.1, 0.15) is 0 Å². The van der Waals surface area contributed by atoms with Gasteiger partial charge in [-0.2, -0.15) is 0 Å². The minimum atomic E-state index is -0.354. The molecule has 0 aromatic heterocycles. The van der Waals surface area contributed by atoms with E-state index in [0.29, 0.717) is 24.5 Å². The molecule has 1 heterocycles. The van der Waals surface area contributed by atoms with Gasteiger partial charge < -0.3 is 10.5 Å². The Morgan fingerprint density at radius 1 is 1.53 bits per heavy atom. The fraction of sp³-hybridized carbons (Fsp3) is 0.500. The quantitative estimate of drug-likeness (QED) is 0.634. The zero-order chi connectivity index (χ0) is 12.3. The van der Waals surface area contributed by atoms with E-state index in [1.165, 1.54) is 6.07 Å². The number of para-hydroxylation sites is 1. The number of nitrogens with two attached hydrogens (primary N) is 1. The molecule has 5 nitrogen and oxygen atoms in total. The van der Waals surface area contributed by atoms with Gasteiger partial charge in [0.25, 0.3) is 5.69 Å². The third-order valence-corrected chi connectivity index (χ3v) is 3.21. The van der Waals surface area contributed by atoms with Gasteiger partial charge in [-0.1, -0.05) is 18.2 Å². The van der Waals surface area contributed by atoms with Crippen molar-refractivity contribution in [3.63, 3.8) is 0 Å². The van der Waals surface area contributed by atoms with Crippen molar-refractivity contribution in [2.24, 2.45) is 11.7 Å². The molecule has 0 aliphatic carbocycles. The van der Waals surface area contributed by atoms with Crippen LogP contribution in [0.2, 0.25) is 0 Å². The fourth-order valence-electron chi connectivity index (χ4n) is 2.17. The second-order valence-electron chi connectivity index (χ2n) is 4.38. The zero-order valence-corrected chi connectivity index (χ0v) is 9.54. The lowest BCUT2D eigenvalue weighted by Crippen LogP contribution is -2.32. The molecular weight excluding hydrogens is 220 g/mol. The van der Waals surface area contributed by atoms with Crippen LogP contribution >= 0.6 is 0 Å². The van der Waals surface area contributed by atoms with Gasteiger partial charge in [0.2, 0.25) is 0 Å². The second kappa shape index (κ2) is 5.25. The van der Waals surface area contributed by atoms with Gasteiger partial charge >= 0.3 is 0 Å². The molecule has 2 unspecified atom stereocenters. The van der Waals surface area contributed by atoms with E-state index in [0.717, 1.165) is 13.0 Å². The number of nitro benzene ring substituents is 1. The molecular formula is C12H16N2O3. The maximum Gasteiger partial charge on any atom is 0.272 e. The molecule has 1 aliphatic rings. The Bertz CT molecular complexity index is 402. The summed E-state index contributed by atoms with van der Waals surface area (Å²) in [6, 6.07) is 6.70. The molecule has 0 spiro atoms. The van der Waals surface area contributed by atoms with Gasteiger partial charge in [-0.3, -0.25) is 10.1 Å².